The molecule has 0 saturated carbocycles. The number of nitrogens with one attached hydrogen (secondary N) is 1. The quantitative estimate of drug-likeness (QED) is 0.875. The van der Waals surface area contributed by atoms with Crippen LogP contribution in [-0.2, 0) is 5.75 Å². The Labute approximate surface area is 121 Å². The zero-order valence-electron chi connectivity index (χ0n) is 10.7. The van der Waals surface area contributed by atoms with Crippen LogP contribution in [0.5, 0.6) is 5.75 Å². The first-order chi connectivity index (χ1) is 9.17. The number of carboxylic acid groups (broad SMARTS) is 1. The summed E-state index contributed by atoms with van der Waals surface area (Å²) in [4.78, 5) is 10.6. The number of carbonyl (C=O) groups is 1. The van der Waals surface area contributed by atoms with Crippen LogP contribution < -0.4 is 10.1 Å². The van der Waals surface area contributed by atoms with Gasteiger partial charge in [-0.2, -0.15) is 11.8 Å². The number of hydrogen-bond acceptors (Lipinski definition) is 4. The highest BCUT2D eigenvalue weighted by Gasteiger charge is 2.26. The van der Waals surface area contributed by atoms with Crippen molar-refractivity contribution in [1.82, 2.24) is 5.32 Å². The van der Waals surface area contributed by atoms with E-state index in [9.17, 15) is 4.79 Å². The SMILES string of the molecule is COc1ccc(CS[C@@H]2CS[C@@H](NC(=O)O)C2)cc1. The van der Waals surface area contributed by atoms with Crippen molar-refractivity contribution in [1.29, 1.82) is 0 Å². The molecule has 0 aliphatic carbocycles. The molecule has 6 heteroatoms. The third kappa shape index (κ3) is 4.54. The van der Waals surface area contributed by atoms with Crippen LogP contribution in [0.15, 0.2) is 24.3 Å². The number of hydrogen-bond donors (Lipinski definition) is 2. The van der Waals surface area contributed by atoms with Gasteiger partial charge in [0, 0.05) is 16.8 Å². The molecule has 0 unspecified atom stereocenters. The summed E-state index contributed by atoms with van der Waals surface area (Å²) in [6.45, 7) is 0. The number of rotatable bonds is 5. The Kier molecular flexibility index (Phi) is 5.27. The number of amides is 1. The van der Waals surface area contributed by atoms with E-state index in [0.717, 1.165) is 23.7 Å². The predicted octanol–water partition coefficient (Wildman–Crippen LogP) is 3.03. The second-order valence-corrected chi connectivity index (χ2v) is 6.81. The van der Waals surface area contributed by atoms with Crippen LogP contribution in [0.2, 0.25) is 0 Å². The van der Waals surface area contributed by atoms with Crippen LogP contribution in [0, 0.1) is 0 Å². The van der Waals surface area contributed by atoms with Gasteiger partial charge >= 0.3 is 6.09 Å². The highest BCUT2D eigenvalue weighted by atomic mass is 32.2. The van der Waals surface area contributed by atoms with E-state index in [1.165, 1.54) is 5.56 Å². The van der Waals surface area contributed by atoms with Gasteiger partial charge in [-0.15, -0.1) is 11.8 Å². The molecule has 1 aromatic rings. The van der Waals surface area contributed by atoms with Crippen LogP contribution in [0.1, 0.15) is 12.0 Å². The molecule has 0 aromatic heterocycles. The van der Waals surface area contributed by atoms with Crippen molar-refractivity contribution in [2.75, 3.05) is 12.9 Å². The molecule has 1 fully saturated rings. The monoisotopic (exact) mass is 299 g/mol. The second-order valence-electron chi connectivity index (χ2n) is 4.29. The molecule has 2 N–H and O–H groups in total. The zero-order valence-corrected chi connectivity index (χ0v) is 12.3. The summed E-state index contributed by atoms with van der Waals surface area (Å²) in [6.07, 6.45) is -0.0315. The summed E-state index contributed by atoms with van der Waals surface area (Å²) >= 11 is 3.57. The maximum absolute atomic E-state index is 10.6. The lowest BCUT2D eigenvalue weighted by Gasteiger charge is -2.10. The topological polar surface area (TPSA) is 58.6 Å². The minimum Gasteiger partial charge on any atom is -0.497 e. The first-order valence-electron chi connectivity index (χ1n) is 6.03. The van der Waals surface area contributed by atoms with E-state index < -0.39 is 6.09 Å². The molecule has 1 saturated heterocycles. The predicted molar refractivity (Wildman–Crippen MR) is 80.1 cm³/mol. The average molecular weight is 299 g/mol. The Morgan fingerprint density at radius 2 is 2.26 bits per heavy atom. The molecule has 1 aliphatic rings. The van der Waals surface area contributed by atoms with E-state index in [-0.39, 0.29) is 5.37 Å². The normalized spacial score (nSPS) is 22.2. The van der Waals surface area contributed by atoms with Crippen LogP contribution in [0.25, 0.3) is 0 Å². The molecule has 1 aliphatic heterocycles. The van der Waals surface area contributed by atoms with Crippen molar-refractivity contribution >= 4 is 29.6 Å². The Bertz CT molecular complexity index is 424. The lowest BCUT2D eigenvalue weighted by Crippen LogP contribution is -2.29. The third-order valence-corrected chi connectivity index (χ3v) is 5.74. The van der Waals surface area contributed by atoms with Gasteiger partial charge in [0.05, 0.1) is 12.5 Å². The molecular formula is C13H17NO3S2. The number of thioether (sulfide) groups is 2. The van der Waals surface area contributed by atoms with E-state index in [1.807, 2.05) is 23.9 Å². The molecule has 19 heavy (non-hydrogen) atoms. The Morgan fingerprint density at radius 3 is 2.89 bits per heavy atom. The Morgan fingerprint density at radius 1 is 1.53 bits per heavy atom. The minimum absolute atomic E-state index is 0.0471. The largest absolute Gasteiger partial charge is 0.497 e. The summed E-state index contributed by atoms with van der Waals surface area (Å²) in [6, 6.07) is 8.07. The molecule has 0 radical (unpaired) electrons. The maximum Gasteiger partial charge on any atom is 0.405 e. The van der Waals surface area contributed by atoms with Gasteiger partial charge in [0.25, 0.3) is 0 Å². The average Bonchev–Trinajstić information content (AvgIpc) is 2.84. The summed E-state index contributed by atoms with van der Waals surface area (Å²) in [5.74, 6) is 2.83. The highest BCUT2D eigenvalue weighted by molar-refractivity contribution is 8.04. The first-order valence-corrected chi connectivity index (χ1v) is 8.12. The molecule has 2 atom stereocenters. The number of benzene rings is 1. The lowest BCUT2D eigenvalue weighted by atomic mass is 10.2. The fourth-order valence-corrected chi connectivity index (χ4v) is 4.72. The highest BCUT2D eigenvalue weighted by Crippen LogP contribution is 2.34. The molecule has 4 nitrogen and oxygen atoms in total. The van der Waals surface area contributed by atoms with Crippen LogP contribution >= 0.6 is 23.5 Å². The van der Waals surface area contributed by atoms with Gasteiger partial charge in [-0.25, -0.2) is 4.79 Å². The molecule has 2 rings (SSSR count). The van der Waals surface area contributed by atoms with Gasteiger partial charge in [-0.3, -0.25) is 0 Å². The molecule has 0 spiro atoms. The summed E-state index contributed by atoms with van der Waals surface area (Å²) in [5.41, 5.74) is 1.27. The van der Waals surface area contributed by atoms with Gasteiger partial charge in [-0.1, -0.05) is 12.1 Å². The van der Waals surface area contributed by atoms with Crippen molar-refractivity contribution in [2.24, 2.45) is 0 Å². The van der Waals surface area contributed by atoms with Crippen LogP contribution in [0.4, 0.5) is 4.79 Å². The van der Waals surface area contributed by atoms with E-state index >= 15 is 0 Å². The molecule has 104 valence electrons. The van der Waals surface area contributed by atoms with E-state index in [0.29, 0.717) is 5.25 Å². The first kappa shape index (κ1) is 14.4. The van der Waals surface area contributed by atoms with E-state index in [2.05, 4.69) is 17.4 Å². The third-order valence-electron chi connectivity index (χ3n) is 2.89. The summed E-state index contributed by atoms with van der Waals surface area (Å²) in [7, 11) is 1.66. The molecule has 1 aromatic carbocycles. The summed E-state index contributed by atoms with van der Waals surface area (Å²) in [5, 5.41) is 11.8. The standard InChI is InChI=1S/C13H17NO3S2/c1-17-10-4-2-9(3-5-10)7-18-11-6-12(19-8-11)14-13(15)16/h2-5,11-12,14H,6-8H2,1H3,(H,15,16)/t11-,12+/m0/s1. The van der Waals surface area contributed by atoms with Crippen molar-refractivity contribution in [3.63, 3.8) is 0 Å². The van der Waals surface area contributed by atoms with Crippen molar-refractivity contribution < 1.29 is 14.6 Å². The number of methoxy groups -OCH3 is 1. The van der Waals surface area contributed by atoms with E-state index in [1.54, 1.807) is 18.9 Å². The smallest absolute Gasteiger partial charge is 0.405 e. The molecular weight excluding hydrogens is 282 g/mol. The second kappa shape index (κ2) is 6.96. The van der Waals surface area contributed by atoms with Gasteiger partial charge in [0.15, 0.2) is 0 Å². The minimum atomic E-state index is -0.932. The Hall–Kier alpha value is -1.01. The van der Waals surface area contributed by atoms with Gasteiger partial charge in [0.2, 0.25) is 0 Å². The fourth-order valence-electron chi connectivity index (χ4n) is 1.89. The molecule has 1 heterocycles. The van der Waals surface area contributed by atoms with Crippen molar-refractivity contribution in [2.45, 2.75) is 22.8 Å². The molecule has 1 amide bonds. The fraction of sp³-hybridized carbons (Fsp3) is 0.462. The van der Waals surface area contributed by atoms with Crippen molar-refractivity contribution in [3.8, 4) is 5.75 Å². The molecule has 0 bridgehead atoms. The van der Waals surface area contributed by atoms with Gasteiger partial charge < -0.3 is 15.2 Å². The van der Waals surface area contributed by atoms with Gasteiger partial charge in [0.1, 0.15) is 5.75 Å². The van der Waals surface area contributed by atoms with E-state index in [4.69, 9.17) is 9.84 Å². The van der Waals surface area contributed by atoms with Crippen LogP contribution in [0.3, 0.4) is 0 Å². The number of ether oxygens (including phenoxy) is 1. The Balaban J connectivity index is 1.75. The van der Waals surface area contributed by atoms with Crippen LogP contribution in [-0.4, -0.2) is 34.7 Å². The van der Waals surface area contributed by atoms with Crippen molar-refractivity contribution in [3.05, 3.63) is 29.8 Å². The zero-order chi connectivity index (χ0) is 13.7. The summed E-state index contributed by atoms with van der Waals surface area (Å²) < 4.78 is 5.12. The maximum atomic E-state index is 10.6. The lowest BCUT2D eigenvalue weighted by molar-refractivity contribution is 0.193. The van der Waals surface area contributed by atoms with Gasteiger partial charge in [-0.05, 0) is 24.1 Å².